The van der Waals surface area contributed by atoms with Crippen LogP contribution in [0, 0.1) is 6.92 Å². The molecule has 22 heavy (non-hydrogen) atoms. The number of hydrogen-bond acceptors (Lipinski definition) is 5. The van der Waals surface area contributed by atoms with Gasteiger partial charge in [-0.1, -0.05) is 15.9 Å². The first-order valence-electron chi connectivity index (χ1n) is 6.83. The van der Waals surface area contributed by atoms with Crippen molar-refractivity contribution in [3.63, 3.8) is 0 Å². The molecule has 3 aromatic rings. The number of aryl methyl sites for hydroxylation is 1. The molecule has 0 atom stereocenters. The lowest BCUT2D eigenvalue weighted by Gasteiger charge is -2.09. The second kappa shape index (κ2) is 6.62. The highest BCUT2D eigenvalue weighted by atomic mass is 79.9. The summed E-state index contributed by atoms with van der Waals surface area (Å²) in [5, 5.41) is 6.43. The molecule has 0 aliphatic rings. The van der Waals surface area contributed by atoms with Crippen molar-refractivity contribution < 1.29 is 4.42 Å². The monoisotopic (exact) mass is 358 g/mol. The Hall–Kier alpha value is -2.34. The number of nitrogens with one attached hydrogen (secondary N) is 2. The molecule has 0 spiro atoms. The van der Waals surface area contributed by atoms with Crippen molar-refractivity contribution in [3.05, 3.63) is 64.7 Å². The first-order valence-corrected chi connectivity index (χ1v) is 7.63. The molecule has 112 valence electrons. The number of hydrogen-bond donors (Lipinski definition) is 2. The summed E-state index contributed by atoms with van der Waals surface area (Å²) in [5.41, 5.74) is 1.86. The topological polar surface area (TPSA) is 63.0 Å². The van der Waals surface area contributed by atoms with Crippen LogP contribution in [-0.2, 0) is 6.54 Å². The third kappa shape index (κ3) is 3.85. The maximum absolute atomic E-state index is 5.28. The van der Waals surface area contributed by atoms with Gasteiger partial charge in [0.25, 0.3) is 0 Å². The van der Waals surface area contributed by atoms with Crippen molar-refractivity contribution in [2.45, 2.75) is 13.5 Å². The fourth-order valence-electron chi connectivity index (χ4n) is 1.97. The average molecular weight is 359 g/mol. The molecular formula is C16H15BrN4O. The van der Waals surface area contributed by atoms with Gasteiger partial charge in [-0.2, -0.15) is 4.98 Å². The third-order valence-electron chi connectivity index (χ3n) is 2.97. The number of aromatic nitrogens is 2. The van der Waals surface area contributed by atoms with Crippen LogP contribution in [0.5, 0.6) is 0 Å². The molecule has 0 saturated carbocycles. The second-order valence-corrected chi connectivity index (χ2v) is 5.70. The molecule has 2 aromatic heterocycles. The van der Waals surface area contributed by atoms with Crippen molar-refractivity contribution in [2.24, 2.45) is 0 Å². The Kier molecular flexibility index (Phi) is 4.39. The van der Waals surface area contributed by atoms with Gasteiger partial charge in [0.1, 0.15) is 11.6 Å². The van der Waals surface area contributed by atoms with Crippen LogP contribution < -0.4 is 10.6 Å². The Balaban J connectivity index is 1.73. The van der Waals surface area contributed by atoms with Crippen LogP contribution >= 0.6 is 15.9 Å². The molecule has 0 fully saturated rings. The van der Waals surface area contributed by atoms with Crippen molar-refractivity contribution in [2.75, 3.05) is 10.6 Å². The molecule has 0 unspecified atom stereocenters. The van der Waals surface area contributed by atoms with Gasteiger partial charge in [0.15, 0.2) is 0 Å². The fourth-order valence-corrected chi connectivity index (χ4v) is 2.24. The van der Waals surface area contributed by atoms with Gasteiger partial charge >= 0.3 is 0 Å². The molecule has 5 nitrogen and oxygen atoms in total. The van der Waals surface area contributed by atoms with Gasteiger partial charge in [-0.3, -0.25) is 0 Å². The minimum Gasteiger partial charge on any atom is -0.467 e. The molecule has 2 N–H and O–H groups in total. The van der Waals surface area contributed by atoms with Crippen LogP contribution in [0.1, 0.15) is 11.5 Å². The first-order chi connectivity index (χ1) is 10.7. The molecule has 0 bridgehead atoms. The van der Waals surface area contributed by atoms with E-state index in [0.717, 1.165) is 27.4 Å². The molecular weight excluding hydrogens is 344 g/mol. The lowest BCUT2D eigenvalue weighted by molar-refractivity contribution is 0.517. The number of nitrogens with zero attached hydrogens (tertiary/aromatic N) is 2. The minimum absolute atomic E-state index is 0.550. The van der Waals surface area contributed by atoms with Crippen molar-refractivity contribution >= 4 is 33.4 Å². The van der Waals surface area contributed by atoms with Crippen molar-refractivity contribution in [3.8, 4) is 0 Å². The van der Waals surface area contributed by atoms with E-state index in [4.69, 9.17) is 4.42 Å². The highest BCUT2D eigenvalue weighted by Gasteiger charge is 2.04. The smallest absolute Gasteiger partial charge is 0.225 e. The zero-order chi connectivity index (χ0) is 15.4. The fraction of sp³-hybridized carbons (Fsp3) is 0.125. The maximum Gasteiger partial charge on any atom is 0.225 e. The molecule has 2 heterocycles. The highest BCUT2D eigenvalue weighted by Crippen LogP contribution is 2.19. The number of furan rings is 1. The summed E-state index contributed by atoms with van der Waals surface area (Å²) in [6.45, 7) is 2.49. The molecule has 0 saturated heterocycles. The zero-order valence-corrected chi connectivity index (χ0v) is 13.6. The Bertz CT molecular complexity index is 741. The Morgan fingerprint density at radius 2 is 1.95 bits per heavy atom. The van der Waals surface area contributed by atoms with Crippen LogP contribution in [0.15, 0.2) is 57.6 Å². The number of rotatable bonds is 5. The van der Waals surface area contributed by atoms with E-state index in [0.29, 0.717) is 12.5 Å². The molecule has 3 rings (SSSR count). The Morgan fingerprint density at radius 3 is 2.68 bits per heavy atom. The number of benzene rings is 1. The summed E-state index contributed by atoms with van der Waals surface area (Å²) < 4.78 is 6.32. The number of anilines is 3. The summed E-state index contributed by atoms with van der Waals surface area (Å²) in [5.74, 6) is 2.15. The summed E-state index contributed by atoms with van der Waals surface area (Å²) in [7, 11) is 0. The van der Waals surface area contributed by atoms with E-state index < -0.39 is 0 Å². The summed E-state index contributed by atoms with van der Waals surface area (Å²) in [6.07, 6.45) is 1.65. The summed E-state index contributed by atoms with van der Waals surface area (Å²) in [6, 6.07) is 13.6. The lowest BCUT2D eigenvalue weighted by atomic mass is 10.3. The normalized spacial score (nSPS) is 10.5. The van der Waals surface area contributed by atoms with E-state index in [1.165, 1.54) is 0 Å². The lowest BCUT2D eigenvalue weighted by Crippen LogP contribution is -2.05. The van der Waals surface area contributed by atoms with E-state index in [1.807, 2.05) is 49.4 Å². The van der Waals surface area contributed by atoms with Crippen LogP contribution in [-0.4, -0.2) is 9.97 Å². The van der Waals surface area contributed by atoms with E-state index in [2.05, 4.69) is 36.5 Å². The molecule has 0 amide bonds. The summed E-state index contributed by atoms with van der Waals surface area (Å²) in [4.78, 5) is 8.84. The van der Waals surface area contributed by atoms with Gasteiger partial charge in [-0.15, -0.1) is 0 Å². The van der Waals surface area contributed by atoms with Crippen LogP contribution in [0.2, 0.25) is 0 Å². The Labute approximate surface area is 136 Å². The quantitative estimate of drug-likeness (QED) is 0.703. The molecule has 0 aliphatic carbocycles. The predicted molar refractivity (Wildman–Crippen MR) is 90.2 cm³/mol. The molecule has 6 heteroatoms. The van der Waals surface area contributed by atoms with Crippen LogP contribution in [0.4, 0.5) is 17.5 Å². The van der Waals surface area contributed by atoms with Gasteiger partial charge in [0, 0.05) is 21.9 Å². The van der Waals surface area contributed by atoms with Crippen LogP contribution in [0.25, 0.3) is 0 Å². The maximum atomic E-state index is 5.28. The van der Waals surface area contributed by atoms with E-state index in [-0.39, 0.29) is 0 Å². The molecule has 1 aromatic carbocycles. The van der Waals surface area contributed by atoms with Crippen molar-refractivity contribution in [1.82, 2.24) is 9.97 Å². The average Bonchev–Trinajstić information content (AvgIpc) is 3.00. The van der Waals surface area contributed by atoms with Gasteiger partial charge < -0.3 is 15.1 Å². The highest BCUT2D eigenvalue weighted by molar-refractivity contribution is 9.10. The SMILES string of the molecule is Cc1cc(Nc2ccc(Br)cc2)nc(NCc2ccco2)n1. The summed E-state index contributed by atoms with van der Waals surface area (Å²) >= 11 is 3.42. The largest absolute Gasteiger partial charge is 0.467 e. The van der Waals surface area contributed by atoms with E-state index in [9.17, 15) is 0 Å². The standard InChI is InChI=1S/C16H15BrN4O/c1-11-9-15(20-13-6-4-12(17)5-7-13)21-16(19-11)18-10-14-3-2-8-22-14/h2-9H,10H2,1H3,(H2,18,19,20,21). The molecule has 0 radical (unpaired) electrons. The predicted octanol–water partition coefficient (Wildman–Crippen LogP) is 4.50. The van der Waals surface area contributed by atoms with Gasteiger partial charge in [0.2, 0.25) is 5.95 Å². The zero-order valence-electron chi connectivity index (χ0n) is 12.0. The second-order valence-electron chi connectivity index (χ2n) is 4.78. The number of halogens is 1. The van der Waals surface area contributed by atoms with Gasteiger partial charge in [-0.25, -0.2) is 4.98 Å². The van der Waals surface area contributed by atoms with Gasteiger partial charge in [-0.05, 0) is 43.3 Å². The minimum atomic E-state index is 0.550. The third-order valence-corrected chi connectivity index (χ3v) is 3.50. The van der Waals surface area contributed by atoms with Crippen molar-refractivity contribution in [1.29, 1.82) is 0 Å². The first kappa shape index (κ1) is 14.6. The van der Waals surface area contributed by atoms with Gasteiger partial charge in [0.05, 0.1) is 12.8 Å². The van der Waals surface area contributed by atoms with Crippen LogP contribution in [0.3, 0.4) is 0 Å². The Morgan fingerprint density at radius 1 is 1.14 bits per heavy atom. The van der Waals surface area contributed by atoms with E-state index >= 15 is 0 Å². The molecule has 0 aliphatic heterocycles. The van der Waals surface area contributed by atoms with E-state index in [1.54, 1.807) is 6.26 Å².